The number of amides is 1. The Labute approximate surface area is 122 Å². The van der Waals surface area contributed by atoms with Gasteiger partial charge in [-0.3, -0.25) is 9.69 Å². The minimum atomic E-state index is 0.253. The minimum absolute atomic E-state index is 0.253. The van der Waals surface area contributed by atoms with Crippen molar-refractivity contribution in [1.82, 2.24) is 14.7 Å². The highest BCUT2D eigenvalue weighted by atomic mass is 16.2. The molecule has 4 heteroatoms. The number of piperazine rings is 1. The van der Waals surface area contributed by atoms with E-state index >= 15 is 0 Å². The zero-order chi connectivity index (χ0) is 14.4. The summed E-state index contributed by atoms with van der Waals surface area (Å²) in [6.07, 6.45) is 0.526. The first-order valence-corrected chi connectivity index (χ1v) is 7.34. The van der Waals surface area contributed by atoms with E-state index in [2.05, 4.69) is 23.9 Å². The van der Waals surface area contributed by atoms with Gasteiger partial charge in [-0.25, -0.2) is 0 Å². The Kier molecular flexibility index (Phi) is 5.56. The third kappa shape index (κ3) is 4.62. The number of nitrogens with zero attached hydrogens (tertiary/aromatic N) is 3. The molecule has 4 nitrogen and oxygen atoms in total. The Bertz CT molecular complexity index is 411. The third-order valence-corrected chi connectivity index (χ3v) is 3.79. The lowest BCUT2D eigenvalue weighted by molar-refractivity contribution is -0.132. The topological polar surface area (TPSA) is 26.8 Å². The molecule has 1 saturated heterocycles. The maximum atomic E-state index is 12.2. The summed E-state index contributed by atoms with van der Waals surface area (Å²) >= 11 is 0. The monoisotopic (exact) mass is 275 g/mol. The molecule has 0 radical (unpaired) electrons. The number of hydrogen-bond acceptors (Lipinski definition) is 3. The number of carbonyl (C=O) groups excluding carboxylic acids is 1. The summed E-state index contributed by atoms with van der Waals surface area (Å²) in [5.41, 5.74) is 1.10. The summed E-state index contributed by atoms with van der Waals surface area (Å²) in [5.74, 6) is 0.253. The van der Waals surface area contributed by atoms with Gasteiger partial charge in [-0.1, -0.05) is 30.3 Å². The molecular formula is C16H25N3O. The number of carbonyl (C=O) groups is 1. The van der Waals surface area contributed by atoms with Crippen LogP contribution in [0.3, 0.4) is 0 Å². The first-order chi connectivity index (χ1) is 9.65. The number of likely N-dealkylation sites (N-methyl/N-ethyl adjacent to an activating group) is 1. The zero-order valence-corrected chi connectivity index (χ0v) is 12.6. The largest absolute Gasteiger partial charge is 0.340 e. The predicted octanol–water partition coefficient (Wildman–Crippen LogP) is 0.935. The molecule has 0 saturated carbocycles. The molecule has 0 spiro atoms. The van der Waals surface area contributed by atoms with Gasteiger partial charge in [0.1, 0.15) is 0 Å². The summed E-state index contributed by atoms with van der Waals surface area (Å²) in [7, 11) is 4.19. The van der Waals surface area contributed by atoms with Crippen LogP contribution < -0.4 is 0 Å². The van der Waals surface area contributed by atoms with E-state index in [9.17, 15) is 4.79 Å². The molecule has 1 aliphatic heterocycles. The van der Waals surface area contributed by atoms with Crippen LogP contribution >= 0.6 is 0 Å². The first-order valence-electron chi connectivity index (χ1n) is 7.34. The van der Waals surface area contributed by atoms with E-state index in [1.165, 1.54) is 0 Å². The molecule has 1 aromatic carbocycles. The van der Waals surface area contributed by atoms with Gasteiger partial charge in [0.2, 0.25) is 5.91 Å². The average Bonchev–Trinajstić information content (AvgIpc) is 2.46. The number of rotatable bonds is 5. The molecule has 0 unspecified atom stereocenters. The summed E-state index contributed by atoms with van der Waals surface area (Å²) < 4.78 is 0. The molecule has 1 aliphatic rings. The molecule has 1 amide bonds. The highest BCUT2D eigenvalue weighted by Gasteiger charge is 2.20. The van der Waals surface area contributed by atoms with Gasteiger partial charge in [0.15, 0.2) is 0 Å². The predicted molar refractivity (Wildman–Crippen MR) is 81.7 cm³/mol. The van der Waals surface area contributed by atoms with Crippen molar-refractivity contribution in [1.29, 1.82) is 0 Å². The Hall–Kier alpha value is -1.39. The van der Waals surface area contributed by atoms with Gasteiger partial charge in [-0.2, -0.15) is 0 Å². The molecule has 0 aromatic heterocycles. The lowest BCUT2D eigenvalue weighted by Crippen LogP contribution is -2.50. The van der Waals surface area contributed by atoms with Crippen LogP contribution in [0.4, 0.5) is 0 Å². The van der Waals surface area contributed by atoms with E-state index in [1.807, 2.05) is 35.2 Å². The van der Waals surface area contributed by atoms with Gasteiger partial charge < -0.3 is 9.80 Å². The van der Waals surface area contributed by atoms with E-state index in [0.29, 0.717) is 6.42 Å². The molecule has 20 heavy (non-hydrogen) atoms. The highest BCUT2D eigenvalue weighted by molar-refractivity contribution is 5.78. The van der Waals surface area contributed by atoms with Crippen LogP contribution in [-0.4, -0.2) is 74.0 Å². The summed E-state index contributed by atoms with van der Waals surface area (Å²) in [4.78, 5) is 18.9. The Morgan fingerprint density at radius 3 is 2.35 bits per heavy atom. The summed E-state index contributed by atoms with van der Waals surface area (Å²) in [5, 5.41) is 0. The van der Waals surface area contributed by atoms with Gasteiger partial charge in [0, 0.05) is 39.3 Å². The molecule has 1 aromatic rings. The van der Waals surface area contributed by atoms with Crippen LogP contribution in [-0.2, 0) is 11.2 Å². The number of benzene rings is 1. The van der Waals surface area contributed by atoms with Crippen molar-refractivity contribution in [3.05, 3.63) is 35.9 Å². The van der Waals surface area contributed by atoms with E-state index in [4.69, 9.17) is 0 Å². The van der Waals surface area contributed by atoms with Crippen molar-refractivity contribution < 1.29 is 4.79 Å². The second kappa shape index (κ2) is 7.41. The molecule has 0 N–H and O–H groups in total. The second-order valence-corrected chi connectivity index (χ2v) is 5.69. The normalized spacial score (nSPS) is 16.6. The maximum Gasteiger partial charge on any atom is 0.227 e. The molecule has 1 heterocycles. The van der Waals surface area contributed by atoms with Gasteiger partial charge in [-0.05, 0) is 19.7 Å². The van der Waals surface area contributed by atoms with Crippen LogP contribution in [0.15, 0.2) is 30.3 Å². The highest BCUT2D eigenvalue weighted by Crippen LogP contribution is 2.06. The van der Waals surface area contributed by atoms with Crippen LogP contribution in [0.1, 0.15) is 5.56 Å². The average molecular weight is 275 g/mol. The van der Waals surface area contributed by atoms with Gasteiger partial charge >= 0.3 is 0 Å². The van der Waals surface area contributed by atoms with Crippen LogP contribution in [0, 0.1) is 0 Å². The lowest BCUT2D eigenvalue weighted by atomic mass is 10.1. The van der Waals surface area contributed by atoms with Crippen molar-refractivity contribution in [3.63, 3.8) is 0 Å². The fraction of sp³-hybridized carbons (Fsp3) is 0.562. The standard InChI is InChI=1S/C16H25N3O/c1-17(2)8-9-18-10-12-19(13-11-18)16(20)14-15-6-4-3-5-7-15/h3-7H,8-14H2,1-2H3. The van der Waals surface area contributed by atoms with Crippen molar-refractivity contribution in [2.75, 3.05) is 53.4 Å². The molecule has 2 rings (SSSR count). The van der Waals surface area contributed by atoms with E-state index in [0.717, 1.165) is 44.8 Å². The number of hydrogen-bond donors (Lipinski definition) is 0. The van der Waals surface area contributed by atoms with Crippen LogP contribution in [0.5, 0.6) is 0 Å². The molecule has 0 bridgehead atoms. The van der Waals surface area contributed by atoms with Crippen molar-refractivity contribution in [2.24, 2.45) is 0 Å². The second-order valence-electron chi connectivity index (χ2n) is 5.69. The SMILES string of the molecule is CN(C)CCN1CCN(C(=O)Cc2ccccc2)CC1. The Morgan fingerprint density at radius 2 is 1.75 bits per heavy atom. The van der Waals surface area contributed by atoms with Gasteiger partial charge in [0.05, 0.1) is 6.42 Å². The van der Waals surface area contributed by atoms with Crippen LogP contribution in [0.2, 0.25) is 0 Å². The third-order valence-electron chi connectivity index (χ3n) is 3.79. The minimum Gasteiger partial charge on any atom is -0.340 e. The van der Waals surface area contributed by atoms with E-state index in [1.54, 1.807) is 0 Å². The van der Waals surface area contributed by atoms with E-state index < -0.39 is 0 Å². The van der Waals surface area contributed by atoms with Gasteiger partial charge in [0.25, 0.3) is 0 Å². The molecule has 0 aliphatic carbocycles. The zero-order valence-electron chi connectivity index (χ0n) is 12.6. The van der Waals surface area contributed by atoms with E-state index in [-0.39, 0.29) is 5.91 Å². The van der Waals surface area contributed by atoms with Crippen molar-refractivity contribution in [2.45, 2.75) is 6.42 Å². The maximum absolute atomic E-state index is 12.2. The first kappa shape index (κ1) is 15.0. The Balaban J connectivity index is 1.74. The molecule has 110 valence electrons. The lowest BCUT2D eigenvalue weighted by Gasteiger charge is -2.35. The van der Waals surface area contributed by atoms with Crippen molar-refractivity contribution >= 4 is 5.91 Å². The quantitative estimate of drug-likeness (QED) is 0.800. The fourth-order valence-corrected chi connectivity index (χ4v) is 2.44. The van der Waals surface area contributed by atoms with Gasteiger partial charge in [-0.15, -0.1) is 0 Å². The smallest absolute Gasteiger partial charge is 0.227 e. The fourth-order valence-electron chi connectivity index (χ4n) is 2.44. The van der Waals surface area contributed by atoms with Crippen LogP contribution in [0.25, 0.3) is 0 Å². The summed E-state index contributed by atoms with van der Waals surface area (Å²) in [6.45, 7) is 5.88. The molecule has 0 atom stereocenters. The van der Waals surface area contributed by atoms with Crippen molar-refractivity contribution in [3.8, 4) is 0 Å². The Morgan fingerprint density at radius 1 is 1.10 bits per heavy atom. The molecule has 1 fully saturated rings. The summed E-state index contributed by atoms with van der Waals surface area (Å²) in [6, 6.07) is 10.00. The molecular weight excluding hydrogens is 250 g/mol.